The zero-order valence-electron chi connectivity index (χ0n) is 40.9. The number of carboxylic acid groups (broad SMARTS) is 1. The number of ether oxygens (including phenoxy) is 2. The third-order valence-corrected chi connectivity index (χ3v) is 11.6. The minimum atomic E-state index is -1.67. The monoisotopic (exact) mass is 1150 g/mol. The Kier molecular flexibility index (Phi) is 19.5. The molecule has 3 heterocycles. The molecular weight excluding hydrogens is 1110 g/mol. The number of fused-ring (bicyclic) bond motifs is 3. The van der Waals surface area contributed by atoms with Crippen LogP contribution in [0.5, 0.6) is 0 Å². The molecule has 2 N–H and O–H groups in total. The molecule has 0 bridgehead atoms. The summed E-state index contributed by atoms with van der Waals surface area (Å²) in [4.78, 5) is 73.6. The molecule has 0 aliphatic heterocycles. The fraction of sp³-hybridized carbons (Fsp3) is 0.127. The molecule has 0 fully saturated rings. The SMILES string of the molecule is CCOC(=O)c1c[nH]c2c(F)ccc(F)c2c1=O.CCOC(=O)c1cn(Cc2c(F)cccc2F)c2c(F)ccc(F)c2c1=O.Fc1cccc(F)c1CCl.O=C(O)c1cn(Cc2c(F)cccc2F)c2c(F)ccc(F)c2c1=O. The van der Waals surface area contributed by atoms with Gasteiger partial charge in [-0.3, -0.25) is 14.4 Å². The van der Waals surface area contributed by atoms with Gasteiger partial charge in [0.05, 0.1) is 64.9 Å². The Morgan fingerprint density at radius 3 is 1.19 bits per heavy atom. The number of carboxylic acids is 1. The first-order chi connectivity index (χ1) is 38.0. The van der Waals surface area contributed by atoms with E-state index in [9.17, 15) is 81.5 Å². The molecule has 0 aliphatic rings. The largest absolute Gasteiger partial charge is 0.477 e. The van der Waals surface area contributed by atoms with Crippen LogP contribution in [-0.4, -0.2) is 50.3 Å². The van der Waals surface area contributed by atoms with Crippen LogP contribution in [-0.2, 0) is 28.4 Å². The van der Waals surface area contributed by atoms with Crippen LogP contribution in [0.4, 0.5) is 52.7 Å². The lowest BCUT2D eigenvalue weighted by Gasteiger charge is -2.15. The molecule has 0 unspecified atom stereocenters. The number of alkyl halides is 1. The van der Waals surface area contributed by atoms with Crippen LogP contribution >= 0.6 is 11.6 Å². The molecule has 0 spiro atoms. The Labute approximate surface area is 446 Å². The summed E-state index contributed by atoms with van der Waals surface area (Å²) in [7, 11) is 0. The molecule has 416 valence electrons. The van der Waals surface area contributed by atoms with E-state index in [2.05, 4.69) is 9.72 Å². The molecule has 3 aromatic heterocycles. The zero-order chi connectivity index (χ0) is 58.9. The number of H-pyrrole nitrogens is 1. The number of aromatic carboxylic acids is 1. The molecule has 9 rings (SSSR count). The molecule has 0 amide bonds. The van der Waals surface area contributed by atoms with Crippen molar-refractivity contribution in [2.45, 2.75) is 32.8 Å². The van der Waals surface area contributed by atoms with E-state index in [0.29, 0.717) is 6.07 Å². The predicted molar refractivity (Wildman–Crippen MR) is 266 cm³/mol. The van der Waals surface area contributed by atoms with Crippen molar-refractivity contribution in [2.75, 3.05) is 13.2 Å². The average molecular weight is 1150 g/mol. The lowest BCUT2D eigenvalue weighted by Crippen LogP contribution is -2.23. The van der Waals surface area contributed by atoms with Crippen LogP contribution in [0.1, 0.15) is 61.6 Å². The first kappa shape index (κ1) is 60.0. The Morgan fingerprint density at radius 1 is 0.463 bits per heavy atom. The molecule has 6 aromatic carbocycles. The Morgan fingerprint density at radius 2 is 0.800 bits per heavy atom. The van der Waals surface area contributed by atoms with E-state index >= 15 is 0 Å². The van der Waals surface area contributed by atoms with Crippen molar-refractivity contribution in [1.29, 1.82) is 0 Å². The topological polar surface area (TPSA) is 167 Å². The van der Waals surface area contributed by atoms with Crippen molar-refractivity contribution in [1.82, 2.24) is 14.1 Å². The van der Waals surface area contributed by atoms with Gasteiger partial charge in [0.1, 0.15) is 86.5 Å². The number of hydrogen-bond donors (Lipinski definition) is 2. The van der Waals surface area contributed by atoms with Gasteiger partial charge in [-0.05, 0) is 86.6 Å². The average Bonchev–Trinajstić information content (AvgIpc) is 3.50. The number of carbonyl (C=O) groups is 3. The van der Waals surface area contributed by atoms with Crippen molar-refractivity contribution in [3.8, 4) is 0 Å². The maximum atomic E-state index is 14.4. The van der Waals surface area contributed by atoms with Crippen LogP contribution in [0.2, 0.25) is 0 Å². The normalized spacial score (nSPS) is 10.8. The molecule has 80 heavy (non-hydrogen) atoms. The summed E-state index contributed by atoms with van der Waals surface area (Å²) in [5.41, 5.74) is -7.25. The minimum Gasteiger partial charge on any atom is -0.477 e. The third-order valence-electron chi connectivity index (χ3n) is 11.4. The van der Waals surface area contributed by atoms with E-state index in [4.69, 9.17) is 21.4 Å². The molecule has 25 heteroatoms. The molecule has 0 atom stereocenters. The van der Waals surface area contributed by atoms with Crippen molar-refractivity contribution in [3.63, 3.8) is 0 Å². The van der Waals surface area contributed by atoms with Crippen LogP contribution in [0, 0.1) is 69.8 Å². The second-order valence-electron chi connectivity index (χ2n) is 16.3. The van der Waals surface area contributed by atoms with Crippen molar-refractivity contribution >= 4 is 62.2 Å². The summed E-state index contributed by atoms with van der Waals surface area (Å²) in [6.45, 7) is 1.92. The quantitative estimate of drug-likeness (QED) is 0.0770. The van der Waals surface area contributed by atoms with Gasteiger partial charge in [-0.1, -0.05) is 18.2 Å². The lowest BCUT2D eigenvalue weighted by molar-refractivity contribution is 0.0514. The number of rotatable bonds is 10. The molecular formula is C55H36ClF12N3O9. The number of nitrogens with zero attached hydrogens (tertiary/aromatic N) is 2. The van der Waals surface area contributed by atoms with E-state index in [-0.39, 0.29) is 35.7 Å². The standard InChI is InChI=1S/C19H13F4NO3.C17H9F4NO3.C12H9F2NO3.C7H5ClF2/c1-2-27-19(26)11-9-24(8-10-12(20)4-3-5-13(10)21)17-15(23)7-6-14(22)16(17)18(11)25;18-10-2-1-3-11(19)8(10)6-22-7-9(17(24)25)16(23)14-12(20)4-5-13(21)15(14)22;1-2-18-12(17)6-5-15-10-8(14)4-3-7(13)9(10)11(6)16;8-4-5-6(9)2-1-3-7(5)10/h3-7,9H,2,8H2,1H3;1-5,7H,6H2,(H,24,25);3-5H,2H2,1H3,(H,15,16);1-3H,4H2. The van der Waals surface area contributed by atoms with Crippen LogP contribution < -0.4 is 16.3 Å². The van der Waals surface area contributed by atoms with Crippen LogP contribution in [0.15, 0.2) is 124 Å². The Balaban J connectivity index is 0.000000181. The summed E-state index contributed by atoms with van der Waals surface area (Å²) >= 11 is 5.26. The number of hydrogen-bond acceptors (Lipinski definition) is 8. The molecule has 9 aromatic rings. The van der Waals surface area contributed by atoms with E-state index in [0.717, 1.165) is 94.5 Å². The van der Waals surface area contributed by atoms with Crippen molar-refractivity contribution < 1.29 is 81.6 Å². The van der Waals surface area contributed by atoms with Gasteiger partial charge in [0.15, 0.2) is 0 Å². The van der Waals surface area contributed by atoms with Gasteiger partial charge in [0.25, 0.3) is 0 Å². The highest BCUT2D eigenvalue weighted by Gasteiger charge is 2.25. The Hall–Kier alpha value is -9.19. The highest BCUT2D eigenvalue weighted by molar-refractivity contribution is 6.17. The first-order valence-electron chi connectivity index (χ1n) is 22.9. The molecule has 0 radical (unpaired) electrons. The first-order valence-corrected chi connectivity index (χ1v) is 23.4. The summed E-state index contributed by atoms with van der Waals surface area (Å²) < 4.78 is 176. The number of benzene rings is 6. The number of pyridine rings is 3. The highest BCUT2D eigenvalue weighted by atomic mass is 35.5. The summed E-state index contributed by atoms with van der Waals surface area (Å²) in [6, 6.07) is 14.6. The van der Waals surface area contributed by atoms with Crippen LogP contribution in [0.3, 0.4) is 0 Å². The van der Waals surface area contributed by atoms with E-state index in [1.165, 1.54) is 25.1 Å². The Bertz CT molecular complexity index is 4020. The lowest BCUT2D eigenvalue weighted by atomic mass is 10.1. The fourth-order valence-electron chi connectivity index (χ4n) is 7.65. The van der Waals surface area contributed by atoms with Gasteiger partial charge in [-0.25, -0.2) is 67.1 Å². The van der Waals surface area contributed by atoms with Gasteiger partial charge < -0.3 is 28.7 Å². The number of aromatic nitrogens is 3. The molecule has 0 saturated carbocycles. The zero-order valence-corrected chi connectivity index (χ0v) is 41.7. The maximum absolute atomic E-state index is 14.4. The predicted octanol–water partition coefficient (Wildman–Crippen LogP) is 11.8. The maximum Gasteiger partial charge on any atom is 0.343 e. The number of halogens is 13. The number of nitrogens with one attached hydrogen (secondary N) is 1. The number of esters is 2. The van der Waals surface area contributed by atoms with Crippen molar-refractivity contribution in [3.05, 3.63) is 243 Å². The van der Waals surface area contributed by atoms with Gasteiger partial charge in [-0.15, -0.1) is 11.6 Å². The molecule has 0 saturated heterocycles. The fourth-order valence-corrected chi connectivity index (χ4v) is 7.90. The third kappa shape index (κ3) is 12.9. The van der Waals surface area contributed by atoms with Gasteiger partial charge in [0, 0.05) is 35.3 Å². The smallest absolute Gasteiger partial charge is 0.343 e. The van der Waals surface area contributed by atoms with Crippen LogP contribution in [0.25, 0.3) is 32.7 Å². The second-order valence-corrected chi connectivity index (χ2v) is 16.6. The summed E-state index contributed by atoms with van der Waals surface area (Å²) in [5, 5.41) is 7.13. The molecule has 12 nitrogen and oxygen atoms in total. The molecule has 0 aliphatic carbocycles. The van der Waals surface area contributed by atoms with Gasteiger partial charge in [0.2, 0.25) is 16.3 Å². The van der Waals surface area contributed by atoms with Crippen molar-refractivity contribution in [2.24, 2.45) is 0 Å². The number of carbonyl (C=O) groups excluding carboxylic acids is 2. The van der Waals surface area contributed by atoms with Gasteiger partial charge >= 0.3 is 17.9 Å². The summed E-state index contributed by atoms with van der Waals surface area (Å²) in [6.07, 6.45) is 2.67. The van der Waals surface area contributed by atoms with E-state index in [1.54, 1.807) is 6.92 Å². The number of aromatic amines is 1. The van der Waals surface area contributed by atoms with E-state index in [1.807, 2.05) is 0 Å². The second kappa shape index (κ2) is 26.0. The highest BCUT2D eigenvalue weighted by Crippen LogP contribution is 2.25. The minimum absolute atomic E-state index is 0.0517. The van der Waals surface area contributed by atoms with Gasteiger partial charge in [-0.2, -0.15) is 0 Å². The van der Waals surface area contributed by atoms with E-state index < -0.39 is 167 Å². The summed E-state index contributed by atoms with van der Waals surface area (Å²) in [5.74, 6) is -14.4.